The summed E-state index contributed by atoms with van der Waals surface area (Å²) in [6.07, 6.45) is 0. The second kappa shape index (κ2) is 3.30. The summed E-state index contributed by atoms with van der Waals surface area (Å²) in [5, 5.41) is 2.29. The predicted octanol–water partition coefficient (Wildman–Crippen LogP) is 3.14. The number of benzene rings is 2. The van der Waals surface area contributed by atoms with Crippen molar-refractivity contribution in [3.05, 3.63) is 36.4 Å². The fourth-order valence-electron chi connectivity index (χ4n) is 1.41. The number of thiol groups is 1. The third-order valence-electron chi connectivity index (χ3n) is 2.05. The molecule has 0 N–H and O–H groups in total. The summed E-state index contributed by atoms with van der Waals surface area (Å²) in [6, 6.07) is 12.0. The Balaban J connectivity index is 2.79. The van der Waals surface area contributed by atoms with Crippen LogP contribution in [0.3, 0.4) is 0 Å². The van der Waals surface area contributed by atoms with Gasteiger partial charge in [0.1, 0.15) is 5.75 Å². The molecule has 0 atom stereocenters. The van der Waals surface area contributed by atoms with Gasteiger partial charge in [0.2, 0.25) is 0 Å². The highest BCUT2D eigenvalue weighted by atomic mass is 32.1. The number of fused-ring (bicyclic) bond motifs is 1. The van der Waals surface area contributed by atoms with Gasteiger partial charge in [-0.15, -0.1) is 12.6 Å². The lowest BCUT2D eigenvalue weighted by molar-refractivity contribution is 0.420. The highest BCUT2D eigenvalue weighted by Gasteiger charge is 1.99. The summed E-state index contributed by atoms with van der Waals surface area (Å²) in [7, 11) is 1.68. The van der Waals surface area contributed by atoms with Crippen molar-refractivity contribution in [3.8, 4) is 5.75 Å². The fraction of sp³-hybridized carbons (Fsp3) is 0.0909. The zero-order valence-electron chi connectivity index (χ0n) is 7.32. The topological polar surface area (TPSA) is 9.23 Å². The normalized spacial score (nSPS) is 10.3. The van der Waals surface area contributed by atoms with E-state index in [1.165, 1.54) is 5.39 Å². The molecule has 2 rings (SSSR count). The molecule has 0 unspecified atom stereocenters. The molecule has 66 valence electrons. The second-order valence-corrected chi connectivity index (χ2v) is 3.38. The Labute approximate surface area is 82.7 Å². The molecule has 0 aliphatic heterocycles. The Kier molecular flexibility index (Phi) is 2.15. The van der Waals surface area contributed by atoms with Crippen LogP contribution in [0.5, 0.6) is 5.75 Å². The highest BCUT2D eigenvalue weighted by molar-refractivity contribution is 7.80. The monoisotopic (exact) mass is 190 g/mol. The van der Waals surface area contributed by atoms with Gasteiger partial charge in [0, 0.05) is 10.3 Å². The van der Waals surface area contributed by atoms with Crippen molar-refractivity contribution in [1.82, 2.24) is 0 Å². The van der Waals surface area contributed by atoms with Gasteiger partial charge in [0.25, 0.3) is 0 Å². The lowest BCUT2D eigenvalue weighted by Crippen LogP contribution is -1.84. The minimum atomic E-state index is 0.897. The van der Waals surface area contributed by atoms with Crippen LogP contribution in [0.4, 0.5) is 0 Å². The van der Waals surface area contributed by atoms with Crippen LogP contribution in [0.2, 0.25) is 0 Å². The minimum absolute atomic E-state index is 0.897. The lowest BCUT2D eigenvalue weighted by Gasteiger charge is -2.04. The van der Waals surface area contributed by atoms with Gasteiger partial charge in [0.15, 0.2) is 0 Å². The molecule has 0 amide bonds. The van der Waals surface area contributed by atoms with Crippen LogP contribution in [0.25, 0.3) is 10.8 Å². The van der Waals surface area contributed by atoms with Gasteiger partial charge in [-0.25, -0.2) is 0 Å². The first-order chi connectivity index (χ1) is 6.31. The smallest absolute Gasteiger partial charge is 0.126 e. The summed E-state index contributed by atoms with van der Waals surface area (Å²) >= 11 is 4.29. The molecule has 0 aromatic heterocycles. The predicted molar refractivity (Wildman–Crippen MR) is 57.8 cm³/mol. The van der Waals surface area contributed by atoms with Crippen molar-refractivity contribution in [3.63, 3.8) is 0 Å². The summed E-state index contributed by atoms with van der Waals surface area (Å²) in [5.74, 6) is 0.897. The molecule has 0 aliphatic carbocycles. The van der Waals surface area contributed by atoms with E-state index in [9.17, 15) is 0 Å². The molecule has 0 aliphatic rings. The van der Waals surface area contributed by atoms with Crippen molar-refractivity contribution < 1.29 is 4.74 Å². The van der Waals surface area contributed by atoms with Gasteiger partial charge < -0.3 is 4.74 Å². The average Bonchev–Trinajstić information content (AvgIpc) is 2.17. The number of hydrogen-bond acceptors (Lipinski definition) is 2. The third-order valence-corrected chi connectivity index (χ3v) is 2.32. The zero-order chi connectivity index (χ0) is 9.26. The van der Waals surface area contributed by atoms with E-state index in [0.29, 0.717) is 0 Å². The Morgan fingerprint density at radius 3 is 2.77 bits per heavy atom. The van der Waals surface area contributed by atoms with Crippen LogP contribution in [0.15, 0.2) is 41.3 Å². The van der Waals surface area contributed by atoms with Gasteiger partial charge >= 0.3 is 0 Å². The fourth-order valence-corrected chi connectivity index (χ4v) is 1.61. The number of methoxy groups -OCH3 is 1. The third kappa shape index (κ3) is 1.49. The van der Waals surface area contributed by atoms with E-state index >= 15 is 0 Å². The highest BCUT2D eigenvalue weighted by Crippen LogP contribution is 2.26. The number of hydrogen-bond donors (Lipinski definition) is 1. The van der Waals surface area contributed by atoms with Crippen LogP contribution >= 0.6 is 12.6 Å². The molecule has 2 heteroatoms. The van der Waals surface area contributed by atoms with Crippen molar-refractivity contribution in [2.24, 2.45) is 0 Å². The van der Waals surface area contributed by atoms with Gasteiger partial charge in [-0.3, -0.25) is 0 Å². The van der Waals surface area contributed by atoms with E-state index in [0.717, 1.165) is 16.0 Å². The van der Waals surface area contributed by atoms with Gasteiger partial charge in [-0.05, 0) is 23.6 Å². The molecular weight excluding hydrogens is 180 g/mol. The quantitative estimate of drug-likeness (QED) is 0.680. The van der Waals surface area contributed by atoms with E-state index in [1.54, 1.807) is 7.11 Å². The van der Waals surface area contributed by atoms with E-state index < -0.39 is 0 Å². The Bertz CT molecular complexity index is 437. The van der Waals surface area contributed by atoms with Crippen LogP contribution in [0, 0.1) is 0 Å². The molecule has 0 bridgehead atoms. The van der Waals surface area contributed by atoms with E-state index in [-0.39, 0.29) is 0 Å². The molecule has 0 spiro atoms. The maximum Gasteiger partial charge on any atom is 0.126 e. The standard InChI is InChI=1S/C11H10OS/c1-12-11-4-2-3-8-5-6-9(13)7-10(8)11/h2-7,13H,1H3. The molecule has 0 heterocycles. The Morgan fingerprint density at radius 1 is 1.15 bits per heavy atom. The van der Waals surface area contributed by atoms with Crippen molar-refractivity contribution in [2.75, 3.05) is 7.11 Å². The minimum Gasteiger partial charge on any atom is -0.496 e. The van der Waals surface area contributed by atoms with Crippen LogP contribution in [-0.2, 0) is 0 Å². The molecule has 0 saturated carbocycles. The molecule has 2 aromatic carbocycles. The zero-order valence-corrected chi connectivity index (χ0v) is 8.21. The Hall–Kier alpha value is -1.15. The summed E-state index contributed by atoms with van der Waals surface area (Å²) in [6.45, 7) is 0. The van der Waals surface area contributed by atoms with Crippen LogP contribution in [0.1, 0.15) is 0 Å². The van der Waals surface area contributed by atoms with Crippen molar-refractivity contribution >= 4 is 23.4 Å². The number of rotatable bonds is 1. The summed E-state index contributed by atoms with van der Waals surface area (Å²) in [4.78, 5) is 0.956. The summed E-state index contributed by atoms with van der Waals surface area (Å²) < 4.78 is 5.25. The molecule has 2 aromatic rings. The number of ether oxygens (including phenoxy) is 1. The summed E-state index contributed by atoms with van der Waals surface area (Å²) in [5.41, 5.74) is 0. The average molecular weight is 190 g/mol. The first-order valence-corrected chi connectivity index (χ1v) is 4.52. The van der Waals surface area contributed by atoms with E-state index in [1.807, 2.05) is 30.3 Å². The van der Waals surface area contributed by atoms with Gasteiger partial charge in [0.05, 0.1) is 7.11 Å². The molecule has 0 fully saturated rings. The largest absolute Gasteiger partial charge is 0.496 e. The second-order valence-electron chi connectivity index (χ2n) is 2.87. The molecule has 0 radical (unpaired) electrons. The van der Waals surface area contributed by atoms with Gasteiger partial charge in [-0.1, -0.05) is 18.2 Å². The lowest BCUT2D eigenvalue weighted by atomic mass is 10.1. The van der Waals surface area contributed by atoms with Gasteiger partial charge in [-0.2, -0.15) is 0 Å². The van der Waals surface area contributed by atoms with Crippen molar-refractivity contribution in [2.45, 2.75) is 4.90 Å². The van der Waals surface area contributed by atoms with E-state index in [4.69, 9.17) is 4.74 Å². The van der Waals surface area contributed by atoms with Crippen LogP contribution in [-0.4, -0.2) is 7.11 Å². The van der Waals surface area contributed by atoms with E-state index in [2.05, 4.69) is 18.7 Å². The maximum absolute atomic E-state index is 5.25. The first-order valence-electron chi connectivity index (χ1n) is 4.07. The molecule has 0 saturated heterocycles. The Morgan fingerprint density at radius 2 is 2.00 bits per heavy atom. The van der Waals surface area contributed by atoms with Crippen LogP contribution < -0.4 is 4.74 Å². The SMILES string of the molecule is COc1cccc2ccc(S)cc12. The maximum atomic E-state index is 5.25. The first kappa shape index (κ1) is 8.45. The molecule has 1 nitrogen and oxygen atoms in total. The van der Waals surface area contributed by atoms with Crippen molar-refractivity contribution in [1.29, 1.82) is 0 Å². The molecular formula is C11H10OS. The molecule has 13 heavy (non-hydrogen) atoms.